The Hall–Kier alpha value is -1.33. The molecular formula is C15H20BrN3O. The van der Waals surface area contributed by atoms with Crippen molar-refractivity contribution in [2.45, 2.75) is 33.0 Å². The van der Waals surface area contributed by atoms with E-state index in [4.69, 9.17) is 4.74 Å². The van der Waals surface area contributed by atoms with Crippen molar-refractivity contribution in [1.29, 1.82) is 0 Å². The number of nitrogens with one attached hydrogen (secondary N) is 1. The van der Waals surface area contributed by atoms with Crippen LogP contribution in [-0.2, 0) is 13.2 Å². The number of benzene rings is 1. The van der Waals surface area contributed by atoms with Crippen LogP contribution in [0, 0.1) is 0 Å². The number of ether oxygens (including phenoxy) is 1. The largest absolute Gasteiger partial charge is 0.487 e. The predicted molar refractivity (Wildman–Crippen MR) is 83.8 cm³/mol. The van der Waals surface area contributed by atoms with Gasteiger partial charge in [-0.2, -0.15) is 0 Å². The van der Waals surface area contributed by atoms with Gasteiger partial charge in [0.2, 0.25) is 0 Å². The Kier molecular flexibility index (Phi) is 5.20. The summed E-state index contributed by atoms with van der Waals surface area (Å²) in [5.41, 5.74) is 2.26. The zero-order chi connectivity index (χ0) is 14.5. The van der Waals surface area contributed by atoms with E-state index in [0.29, 0.717) is 12.6 Å². The van der Waals surface area contributed by atoms with Crippen molar-refractivity contribution in [3.05, 3.63) is 46.5 Å². The highest BCUT2D eigenvalue weighted by molar-refractivity contribution is 9.10. The van der Waals surface area contributed by atoms with Gasteiger partial charge in [0.25, 0.3) is 0 Å². The van der Waals surface area contributed by atoms with Crippen LogP contribution in [0.25, 0.3) is 0 Å². The highest BCUT2D eigenvalue weighted by Crippen LogP contribution is 2.23. The van der Waals surface area contributed by atoms with Crippen LogP contribution in [0.4, 0.5) is 0 Å². The van der Waals surface area contributed by atoms with E-state index < -0.39 is 0 Å². The molecule has 0 unspecified atom stereocenters. The summed E-state index contributed by atoms with van der Waals surface area (Å²) in [4.78, 5) is 4.18. The molecule has 20 heavy (non-hydrogen) atoms. The highest BCUT2D eigenvalue weighted by atomic mass is 79.9. The van der Waals surface area contributed by atoms with Crippen molar-refractivity contribution in [1.82, 2.24) is 14.9 Å². The summed E-state index contributed by atoms with van der Waals surface area (Å²) < 4.78 is 9.08. The quantitative estimate of drug-likeness (QED) is 0.876. The molecule has 1 aromatic carbocycles. The van der Waals surface area contributed by atoms with Gasteiger partial charge in [-0.1, -0.05) is 15.9 Å². The summed E-state index contributed by atoms with van der Waals surface area (Å²) in [6.07, 6.45) is 3.70. The number of hydrogen-bond donors (Lipinski definition) is 1. The van der Waals surface area contributed by atoms with Gasteiger partial charge < -0.3 is 14.6 Å². The summed E-state index contributed by atoms with van der Waals surface area (Å²) in [5, 5.41) is 3.15. The molecule has 0 saturated carbocycles. The van der Waals surface area contributed by atoms with Gasteiger partial charge in [-0.15, -0.1) is 0 Å². The maximum Gasteiger partial charge on any atom is 0.130 e. The number of aromatic nitrogens is 2. The lowest BCUT2D eigenvalue weighted by Crippen LogP contribution is -2.08. The van der Waals surface area contributed by atoms with Gasteiger partial charge in [0.05, 0.1) is 18.2 Å². The summed E-state index contributed by atoms with van der Waals surface area (Å²) in [7, 11) is 1.93. The molecule has 0 fully saturated rings. The number of hydrogen-bond acceptors (Lipinski definition) is 3. The summed E-state index contributed by atoms with van der Waals surface area (Å²) >= 11 is 3.54. The van der Waals surface area contributed by atoms with Crippen LogP contribution >= 0.6 is 15.9 Å². The van der Waals surface area contributed by atoms with Crippen molar-refractivity contribution in [2.24, 2.45) is 0 Å². The Labute approximate surface area is 128 Å². The third-order valence-electron chi connectivity index (χ3n) is 3.07. The molecule has 2 aromatic rings. The van der Waals surface area contributed by atoms with E-state index in [2.05, 4.69) is 50.7 Å². The molecule has 1 heterocycles. The molecule has 108 valence electrons. The molecule has 0 aliphatic heterocycles. The van der Waals surface area contributed by atoms with Gasteiger partial charge in [0, 0.05) is 17.1 Å². The smallest absolute Gasteiger partial charge is 0.130 e. The first-order valence-electron chi connectivity index (χ1n) is 6.68. The van der Waals surface area contributed by atoms with Crippen molar-refractivity contribution in [3.8, 4) is 5.75 Å². The Bertz CT molecular complexity index is 566. The van der Waals surface area contributed by atoms with Crippen LogP contribution in [-0.4, -0.2) is 16.6 Å². The Morgan fingerprint density at radius 1 is 1.40 bits per heavy atom. The molecule has 0 bridgehead atoms. The number of imidazole rings is 1. The Morgan fingerprint density at radius 3 is 2.90 bits per heavy atom. The van der Waals surface area contributed by atoms with Crippen LogP contribution < -0.4 is 10.1 Å². The summed E-state index contributed by atoms with van der Waals surface area (Å²) in [6.45, 7) is 5.60. The maximum absolute atomic E-state index is 5.87. The van der Waals surface area contributed by atoms with E-state index in [1.54, 1.807) is 0 Å². The topological polar surface area (TPSA) is 39.1 Å². The van der Waals surface area contributed by atoms with Crippen molar-refractivity contribution in [3.63, 3.8) is 0 Å². The molecule has 1 N–H and O–H groups in total. The van der Waals surface area contributed by atoms with Gasteiger partial charge in [-0.05, 0) is 44.7 Å². The van der Waals surface area contributed by atoms with E-state index in [1.807, 2.05) is 31.7 Å². The summed E-state index contributed by atoms with van der Waals surface area (Å²) in [6, 6.07) is 6.43. The molecule has 2 rings (SSSR count). The fourth-order valence-electron chi connectivity index (χ4n) is 2.03. The lowest BCUT2D eigenvalue weighted by Gasteiger charge is -2.13. The molecule has 1 aromatic heterocycles. The first kappa shape index (κ1) is 15.1. The van der Waals surface area contributed by atoms with Crippen LogP contribution in [0.1, 0.15) is 31.1 Å². The average Bonchev–Trinajstić information content (AvgIpc) is 2.88. The monoisotopic (exact) mass is 337 g/mol. The predicted octanol–water partition coefficient (Wildman–Crippen LogP) is 3.52. The van der Waals surface area contributed by atoms with Gasteiger partial charge >= 0.3 is 0 Å². The van der Waals surface area contributed by atoms with Crippen LogP contribution in [0.5, 0.6) is 5.75 Å². The molecular weight excluding hydrogens is 318 g/mol. The molecule has 0 aliphatic rings. The molecule has 0 atom stereocenters. The van der Waals surface area contributed by atoms with E-state index in [9.17, 15) is 0 Å². The first-order valence-corrected chi connectivity index (χ1v) is 7.47. The fourth-order valence-corrected chi connectivity index (χ4v) is 2.42. The third-order valence-corrected chi connectivity index (χ3v) is 3.85. The minimum absolute atomic E-state index is 0.390. The van der Waals surface area contributed by atoms with E-state index in [0.717, 1.165) is 22.5 Å². The zero-order valence-corrected chi connectivity index (χ0v) is 13.6. The van der Waals surface area contributed by atoms with Crippen LogP contribution in [0.3, 0.4) is 0 Å². The molecule has 0 amide bonds. The van der Waals surface area contributed by atoms with Crippen LogP contribution in [0.15, 0.2) is 35.2 Å². The normalized spacial score (nSPS) is 11.1. The maximum atomic E-state index is 5.87. The first-order chi connectivity index (χ1) is 9.61. The standard InChI is InChI=1S/C15H20BrN3O/c1-11(2)19-10-18-8-13(19)9-20-14-4-5-15(16)12(6-14)7-17-3/h4-6,8,10-11,17H,7,9H2,1-3H3. The van der Waals surface area contributed by atoms with Gasteiger partial charge in [-0.3, -0.25) is 0 Å². The zero-order valence-electron chi connectivity index (χ0n) is 12.1. The van der Waals surface area contributed by atoms with Gasteiger partial charge in [-0.25, -0.2) is 4.98 Å². The third kappa shape index (κ3) is 3.61. The second-order valence-corrected chi connectivity index (χ2v) is 5.81. The molecule has 0 saturated heterocycles. The Balaban J connectivity index is 2.07. The number of halogens is 1. The molecule has 4 nitrogen and oxygen atoms in total. The minimum atomic E-state index is 0.390. The van der Waals surface area contributed by atoms with E-state index in [-0.39, 0.29) is 0 Å². The fraction of sp³-hybridized carbons (Fsp3) is 0.400. The number of nitrogens with zero attached hydrogens (tertiary/aromatic N) is 2. The van der Waals surface area contributed by atoms with Crippen LogP contribution in [0.2, 0.25) is 0 Å². The molecule has 0 spiro atoms. The number of rotatable bonds is 6. The van der Waals surface area contributed by atoms with Crippen molar-refractivity contribution < 1.29 is 4.74 Å². The lowest BCUT2D eigenvalue weighted by atomic mass is 10.2. The SMILES string of the molecule is CNCc1cc(OCc2cncn2C(C)C)ccc1Br. The molecule has 0 aliphatic carbocycles. The Morgan fingerprint density at radius 2 is 2.20 bits per heavy atom. The minimum Gasteiger partial charge on any atom is -0.487 e. The van der Waals surface area contributed by atoms with Gasteiger partial charge in [0.15, 0.2) is 0 Å². The van der Waals surface area contributed by atoms with Crippen molar-refractivity contribution in [2.75, 3.05) is 7.05 Å². The second-order valence-electron chi connectivity index (χ2n) is 4.96. The molecule has 5 heteroatoms. The lowest BCUT2D eigenvalue weighted by molar-refractivity contribution is 0.291. The summed E-state index contributed by atoms with van der Waals surface area (Å²) in [5.74, 6) is 0.870. The highest BCUT2D eigenvalue weighted by Gasteiger charge is 2.07. The second kappa shape index (κ2) is 6.90. The van der Waals surface area contributed by atoms with E-state index in [1.165, 1.54) is 5.56 Å². The molecule has 0 radical (unpaired) electrons. The van der Waals surface area contributed by atoms with Gasteiger partial charge in [0.1, 0.15) is 12.4 Å². The average molecular weight is 338 g/mol. The van der Waals surface area contributed by atoms with Crippen molar-refractivity contribution >= 4 is 15.9 Å². The van der Waals surface area contributed by atoms with E-state index >= 15 is 0 Å².